The number of hydrogen-bond acceptors (Lipinski definition) is 6. The smallest absolute Gasteiger partial charge is 0.240 e. The number of primary amides is 1. The number of nitrogens with zero attached hydrogens (tertiary/aromatic N) is 3. The van der Waals surface area contributed by atoms with E-state index in [-0.39, 0.29) is 18.4 Å². The first-order valence-corrected chi connectivity index (χ1v) is 7.12. The van der Waals surface area contributed by atoms with Gasteiger partial charge in [-0.05, 0) is 25.9 Å². The van der Waals surface area contributed by atoms with Crippen molar-refractivity contribution in [2.45, 2.75) is 45.2 Å². The van der Waals surface area contributed by atoms with Gasteiger partial charge in [-0.1, -0.05) is 19.0 Å². The monoisotopic (exact) mass is 281 g/mol. The van der Waals surface area contributed by atoms with Crippen LogP contribution >= 0.6 is 0 Å². The van der Waals surface area contributed by atoms with Crippen LogP contribution in [0.3, 0.4) is 0 Å². The predicted octanol–water partition coefficient (Wildman–Crippen LogP) is 0.232. The zero-order valence-electron chi connectivity index (χ0n) is 12.1. The Hall–Kier alpha value is -1.47. The summed E-state index contributed by atoms with van der Waals surface area (Å²) in [5, 5.41) is 7.26. The van der Waals surface area contributed by atoms with E-state index in [0.717, 1.165) is 25.9 Å². The van der Waals surface area contributed by atoms with E-state index in [9.17, 15) is 4.79 Å². The van der Waals surface area contributed by atoms with Crippen molar-refractivity contribution >= 4 is 5.91 Å². The van der Waals surface area contributed by atoms with Crippen molar-refractivity contribution in [2.75, 3.05) is 19.6 Å². The SMILES string of the molecule is CC(C)c1noc(CN(CC(N)=O)C2CCNCC2)n1. The number of nitrogens with one attached hydrogen (secondary N) is 1. The summed E-state index contributed by atoms with van der Waals surface area (Å²) >= 11 is 0. The minimum absolute atomic E-state index is 0.226. The Bertz CT molecular complexity index is 440. The lowest BCUT2D eigenvalue weighted by molar-refractivity contribution is -0.120. The number of amides is 1. The van der Waals surface area contributed by atoms with Crippen molar-refractivity contribution in [1.29, 1.82) is 0 Å². The van der Waals surface area contributed by atoms with E-state index in [2.05, 4.69) is 15.5 Å². The van der Waals surface area contributed by atoms with Crippen molar-refractivity contribution in [2.24, 2.45) is 5.73 Å². The van der Waals surface area contributed by atoms with Gasteiger partial charge in [-0.15, -0.1) is 0 Å². The maximum Gasteiger partial charge on any atom is 0.240 e. The molecule has 3 N–H and O–H groups in total. The summed E-state index contributed by atoms with van der Waals surface area (Å²) in [5.74, 6) is 1.15. The molecule has 0 atom stereocenters. The van der Waals surface area contributed by atoms with Gasteiger partial charge in [0.25, 0.3) is 0 Å². The third-order valence-corrected chi connectivity index (χ3v) is 3.52. The molecule has 20 heavy (non-hydrogen) atoms. The number of carbonyl (C=O) groups excluding carboxylic acids is 1. The van der Waals surface area contributed by atoms with E-state index in [1.54, 1.807) is 0 Å². The Kier molecular flexibility index (Phi) is 5.08. The highest BCUT2D eigenvalue weighted by Gasteiger charge is 2.24. The van der Waals surface area contributed by atoms with Crippen LogP contribution in [0.15, 0.2) is 4.52 Å². The number of piperidine rings is 1. The van der Waals surface area contributed by atoms with Crippen LogP contribution in [0.25, 0.3) is 0 Å². The Morgan fingerprint density at radius 2 is 2.20 bits per heavy atom. The first kappa shape index (κ1) is 14.9. The molecule has 2 rings (SSSR count). The highest BCUT2D eigenvalue weighted by molar-refractivity contribution is 5.75. The van der Waals surface area contributed by atoms with Crippen molar-refractivity contribution in [3.63, 3.8) is 0 Å². The summed E-state index contributed by atoms with van der Waals surface area (Å²) in [6.45, 7) is 6.66. The molecule has 112 valence electrons. The van der Waals surface area contributed by atoms with E-state index in [4.69, 9.17) is 10.3 Å². The van der Waals surface area contributed by atoms with Crippen LogP contribution in [-0.2, 0) is 11.3 Å². The normalized spacial score (nSPS) is 17.0. The molecule has 0 aromatic carbocycles. The second-order valence-corrected chi connectivity index (χ2v) is 5.55. The largest absolute Gasteiger partial charge is 0.369 e. The average molecular weight is 281 g/mol. The number of nitrogens with two attached hydrogens (primary N) is 1. The van der Waals surface area contributed by atoms with Crippen molar-refractivity contribution in [1.82, 2.24) is 20.4 Å². The summed E-state index contributed by atoms with van der Waals surface area (Å²) in [6, 6.07) is 0.332. The molecular formula is C13H23N5O2. The molecule has 1 amide bonds. The molecule has 0 unspecified atom stereocenters. The van der Waals surface area contributed by atoms with Gasteiger partial charge in [-0.2, -0.15) is 4.98 Å². The van der Waals surface area contributed by atoms with Crippen LogP contribution in [-0.4, -0.2) is 46.6 Å². The van der Waals surface area contributed by atoms with Crippen LogP contribution in [0.2, 0.25) is 0 Å². The van der Waals surface area contributed by atoms with Gasteiger partial charge < -0.3 is 15.6 Å². The molecule has 7 nitrogen and oxygen atoms in total. The first-order chi connectivity index (χ1) is 9.56. The first-order valence-electron chi connectivity index (χ1n) is 7.12. The predicted molar refractivity (Wildman–Crippen MR) is 73.9 cm³/mol. The number of aromatic nitrogens is 2. The summed E-state index contributed by atoms with van der Waals surface area (Å²) in [4.78, 5) is 17.7. The van der Waals surface area contributed by atoms with Crippen molar-refractivity contribution in [3.05, 3.63) is 11.7 Å². The average Bonchev–Trinajstić information content (AvgIpc) is 2.87. The molecule has 1 aromatic rings. The molecule has 0 spiro atoms. The lowest BCUT2D eigenvalue weighted by Gasteiger charge is -2.32. The van der Waals surface area contributed by atoms with E-state index in [1.807, 2.05) is 18.7 Å². The van der Waals surface area contributed by atoms with Gasteiger partial charge in [0.1, 0.15) is 0 Å². The van der Waals surface area contributed by atoms with Gasteiger partial charge in [0, 0.05) is 12.0 Å². The minimum Gasteiger partial charge on any atom is -0.369 e. The number of rotatable bonds is 6. The van der Waals surface area contributed by atoms with Gasteiger partial charge in [0.05, 0.1) is 13.1 Å². The fourth-order valence-electron chi connectivity index (χ4n) is 2.43. The standard InChI is InChI=1S/C13H23N5O2/c1-9(2)13-16-12(20-17-13)8-18(7-11(14)19)10-3-5-15-6-4-10/h9-10,15H,3-8H2,1-2H3,(H2,14,19). The van der Waals surface area contributed by atoms with Gasteiger partial charge in [-0.25, -0.2) is 0 Å². The minimum atomic E-state index is -0.327. The molecule has 0 saturated carbocycles. The van der Waals surface area contributed by atoms with E-state index < -0.39 is 0 Å². The maximum atomic E-state index is 11.3. The molecule has 1 saturated heterocycles. The topological polar surface area (TPSA) is 97.3 Å². The van der Waals surface area contributed by atoms with Crippen molar-refractivity contribution in [3.8, 4) is 0 Å². The van der Waals surface area contributed by atoms with Gasteiger partial charge in [0.15, 0.2) is 5.82 Å². The Labute approximate surface area is 118 Å². The van der Waals surface area contributed by atoms with Crippen LogP contribution in [0.4, 0.5) is 0 Å². The quantitative estimate of drug-likeness (QED) is 0.775. The lowest BCUT2D eigenvalue weighted by Crippen LogP contribution is -2.46. The summed E-state index contributed by atoms with van der Waals surface area (Å²) in [5.41, 5.74) is 5.34. The molecule has 1 aliphatic heterocycles. The Morgan fingerprint density at radius 3 is 2.75 bits per heavy atom. The molecule has 1 aliphatic rings. The van der Waals surface area contributed by atoms with E-state index >= 15 is 0 Å². The third-order valence-electron chi connectivity index (χ3n) is 3.52. The fraction of sp³-hybridized carbons (Fsp3) is 0.769. The summed E-state index contributed by atoms with van der Waals surface area (Å²) < 4.78 is 5.26. The second-order valence-electron chi connectivity index (χ2n) is 5.55. The molecule has 0 aliphatic carbocycles. The molecule has 2 heterocycles. The van der Waals surface area contributed by atoms with Crippen LogP contribution in [0.5, 0.6) is 0 Å². The number of carbonyl (C=O) groups is 1. The maximum absolute atomic E-state index is 11.3. The molecule has 1 aromatic heterocycles. The number of hydrogen-bond donors (Lipinski definition) is 2. The molecular weight excluding hydrogens is 258 g/mol. The summed E-state index contributed by atoms with van der Waals surface area (Å²) in [6.07, 6.45) is 2.00. The van der Waals surface area contributed by atoms with Gasteiger partial charge >= 0.3 is 0 Å². The van der Waals surface area contributed by atoms with Gasteiger partial charge in [-0.3, -0.25) is 9.69 Å². The fourth-order valence-corrected chi connectivity index (χ4v) is 2.43. The van der Waals surface area contributed by atoms with Crippen LogP contribution in [0, 0.1) is 0 Å². The highest BCUT2D eigenvalue weighted by atomic mass is 16.5. The second kappa shape index (κ2) is 6.81. The lowest BCUT2D eigenvalue weighted by atomic mass is 10.0. The zero-order valence-corrected chi connectivity index (χ0v) is 12.1. The van der Waals surface area contributed by atoms with Crippen molar-refractivity contribution < 1.29 is 9.32 Å². The molecule has 1 fully saturated rings. The molecule has 7 heteroatoms. The third kappa shape index (κ3) is 4.01. The van der Waals surface area contributed by atoms with Crippen LogP contribution < -0.4 is 11.1 Å². The van der Waals surface area contributed by atoms with E-state index in [0.29, 0.717) is 24.3 Å². The van der Waals surface area contributed by atoms with Crippen LogP contribution in [0.1, 0.15) is 44.3 Å². The Morgan fingerprint density at radius 1 is 1.50 bits per heavy atom. The summed E-state index contributed by atoms with van der Waals surface area (Å²) in [7, 11) is 0. The van der Waals surface area contributed by atoms with Gasteiger partial charge in [0.2, 0.25) is 11.8 Å². The van der Waals surface area contributed by atoms with E-state index in [1.165, 1.54) is 0 Å². The Balaban J connectivity index is 2.03. The molecule has 0 bridgehead atoms. The highest BCUT2D eigenvalue weighted by Crippen LogP contribution is 2.16. The zero-order chi connectivity index (χ0) is 14.5. The molecule has 0 radical (unpaired) electrons.